The molecule has 1 aromatic rings. The van der Waals surface area contributed by atoms with Gasteiger partial charge >= 0.3 is 0 Å². The summed E-state index contributed by atoms with van der Waals surface area (Å²) in [4.78, 5) is 25.2. The highest BCUT2D eigenvalue weighted by molar-refractivity contribution is 7.80. The number of halogens is 1. The maximum atomic E-state index is 13.1. The first-order valence-electron chi connectivity index (χ1n) is 6.04. The number of rotatable bonds is 5. The second kappa shape index (κ2) is 7.13. The van der Waals surface area contributed by atoms with Gasteiger partial charge in [0.2, 0.25) is 5.91 Å². The zero-order chi connectivity index (χ0) is 14.4. The lowest BCUT2D eigenvalue weighted by Gasteiger charge is -2.20. The van der Waals surface area contributed by atoms with Crippen LogP contribution in [-0.4, -0.2) is 36.3 Å². The van der Waals surface area contributed by atoms with Crippen LogP contribution in [0.1, 0.15) is 24.2 Å². The van der Waals surface area contributed by atoms with Crippen molar-refractivity contribution in [1.82, 2.24) is 10.2 Å². The smallest absolute Gasteiger partial charge is 0.254 e. The van der Waals surface area contributed by atoms with E-state index in [-0.39, 0.29) is 23.3 Å². The van der Waals surface area contributed by atoms with Crippen molar-refractivity contribution in [3.05, 3.63) is 29.6 Å². The van der Waals surface area contributed by atoms with Gasteiger partial charge in [-0.1, -0.05) is 0 Å². The average molecular weight is 284 g/mol. The predicted octanol–water partition coefficient (Wildman–Crippen LogP) is 1.71. The summed E-state index contributed by atoms with van der Waals surface area (Å²) in [7, 11) is 0. The number of nitrogens with one attached hydrogen (secondary N) is 1. The number of carbonyl (C=O) groups excluding carboxylic acids is 2. The topological polar surface area (TPSA) is 49.4 Å². The summed E-state index contributed by atoms with van der Waals surface area (Å²) in [5.74, 6) is -1.01. The number of carbonyl (C=O) groups is 2. The fraction of sp³-hybridized carbons (Fsp3) is 0.385. The highest BCUT2D eigenvalue weighted by Gasteiger charge is 2.17. The Balaban J connectivity index is 2.83. The number of nitrogens with zero attached hydrogens (tertiary/aromatic N) is 1. The largest absolute Gasteiger partial charge is 0.355 e. The van der Waals surface area contributed by atoms with Gasteiger partial charge in [-0.25, -0.2) is 4.39 Å². The molecular formula is C13H17FN2O2S. The van der Waals surface area contributed by atoms with Gasteiger partial charge in [0.25, 0.3) is 5.91 Å². The molecular weight excluding hydrogens is 267 g/mol. The molecule has 6 heteroatoms. The van der Waals surface area contributed by atoms with Crippen LogP contribution in [0.3, 0.4) is 0 Å². The van der Waals surface area contributed by atoms with Gasteiger partial charge in [-0.3, -0.25) is 9.59 Å². The lowest BCUT2D eigenvalue weighted by atomic mass is 10.2. The average Bonchev–Trinajstić information content (AvgIpc) is 2.38. The molecule has 1 aromatic carbocycles. The molecule has 0 bridgehead atoms. The molecule has 0 atom stereocenters. The van der Waals surface area contributed by atoms with Crippen LogP contribution in [0.15, 0.2) is 23.1 Å². The Kier molecular flexibility index (Phi) is 5.82. The van der Waals surface area contributed by atoms with Crippen LogP contribution in [0.4, 0.5) is 4.39 Å². The summed E-state index contributed by atoms with van der Waals surface area (Å²) in [6, 6.07) is 3.94. The van der Waals surface area contributed by atoms with E-state index in [9.17, 15) is 14.0 Å². The van der Waals surface area contributed by atoms with Crippen molar-refractivity contribution >= 4 is 24.4 Å². The number of hydrogen-bond donors (Lipinski definition) is 2. The van der Waals surface area contributed by atoms with E-state index in [1.165, 1.54) is 23.1 Å². The van der Waals surface area contributed by atoms with Crippen LogP contribution in [0, 0.1) is 5.82 Å². The van der Waals surface area contributed by atoms with Gasteiger partial charge in [-0.2, -0.15) is 0 Å². The number of likely N-dealkylation sites (N-methyl/N-ethyl adjacent to an activating group) is 2. The first-order chi connectivity index (χ1) is 8.99. The summed E-state index contributed by atoms with van der Waals surface area (Å²) in [5.41, 5.74) is 0.317. The molecule has 0 spiro atoms. The summed E-state index contributed by atoms with van der Waals surface area (Å²) < 4.78 is 13.1. The second-order valence-electron chi connectivity index (χ2n) is 3.94. The van der Waals surface area contributed by atoms with E-state index in [1.54, 1.807) is 6.92 Å². The van der Waals surface area contributed by atoms with Crippen LogP contribution in [0.2, 0.25) is 0 Å². The predicted molar refractivity (Wildman–Crippen MR) is 73.9 cm³/mol. The fourth-order valence-electron chi connectivity index (χ4n) is 1.58. The Morgan fingerprint density at radius 1 is 1.37 bits per heavy atom. The van der Waals surface area contributed by atoms with E-state index >= 15 is 0 Å². The van der Waals surface area contributed by atoms with Gasteiger partial charge in [0, 0.05) is 23.5 Å². The van der Waals surface area contributed by atoms with Gasteiger partial charge in [0.15, 0.2) is 0 Å². The first-order valence-corrected chi connectivity index (χ1v) is 6.48. The maximum Gasteiger partial charge on any atom is 0.254 e. The molecule has 4 nitrogen and oxygen atoms in total. The molecule has 2 amide bonds. The van der Waals surface area contributed by atoms with Crippen molar-refractivity contribution < 1.29 is 14.0 Å². The van der Waals surface area contributed by atoms with Crippen molar-refractivity contribution in [2.75, 3.05) is 19.6 Å². The molecule has 0 saturated heterocycles. The highest BCUT2D eigenvalue weighted by atomic mass is 32.1. The van der Waals surface area contributed by atoms with E-state index < -0.39 is 5.82 Å². The normalized spacial score (nSPS) is 10.1. The molecule has 0 aliphatic heterocycles. The highest BCUT2D eigenvalue weighted by Crippen LogP contribution is 2.15. The molecule has 1 rings (SSSR count). The van der Waals surface area contributed by atoms with Crippen LogP contribution in [0.5, 0.6) is 0 Å². The summed E-state index contributed by atoms with van der Waals surface area (Å²) >= 11 is 3.94. The lowest BCUT2D eigenvalue weighted by Crippen LogP contribution is -2.40. The second-order valence-corrected chi connectivity index (χ2v) is 4.42. The van der Waals surface area contributed by atoms with Crippen molar-refractivity contribution in [1.29, 1.82) is 0 Å². The zero-order valence-corrected chi connectivity index (χ0v) is 11.8. The van der Waals surface area contributed by atoms with Crippen LogP contribution in [-0.2, 0) is 4.79 Å². The molecule has 0 radical (unpaired) electrons. The van der Waals surface area contributed by atoms with E-state index in [4.69, 9.17) is 0 Å². The van der Waals surface area contributed by atoms with E-state index in [0.29, 0.717) is 18.7 Å². The molecule has 0 unspecified atom stereocenters. The molecule has 19 heavy (non-hydrogen) atoms. The quantitative estimate of drug-likeness (QED) is 0.809. The van der Waals surface area contributed by atoms with Gasteiger partial charge in [0.05, 0.1) is 6.54 Å². The number of thiol groups is 1. The molecule has 1 N–H and O–H groups in total. The van der Waals surface area contributed by atoms with E-state index in [1.807, 2.05) is 6.92 Å². The minimum absolute atomic E-state index is 0.0115. The van der Waals surface area contributed by atoms with Gasteiger partial charge < -0.3 is 10.2 Å². The molecule has 104 valence electrons. The Hall–Kier alpha value is -1.56. The molecule has 0 saturated carbocycles. The third-order valence-electron chi connectivity index (χ3n) is 2.57. The van der Waals surface area contributed by atoms with Gasteiger partial charge in [0.1, 0.15) is 5.82 Å². The van der Waals surface area contributed by atoms with Crippen molar-refractivity contribution in [2.45, 2.75) is 18.7 Å². The fourth-order valence-corrected chi connectivity index (χ4v) is 1.80. The lowest BCUT2D eigenvalue weighted by molar-refractivity contribution is -0.121. The first kappa shape index (κ1) is 15.5. The van der Waals surface area contributed by atoms with Gasteiger partial charge in [-0.05, 0) is 32.0 Å². The molecule has 0 fully saturated rings. The Labute approximate surface area is 117 Å². The van der Waals surface area contributed by atoms with Crippen molar-refractivity contribution in [3.63, 3.8) is 0 Å². The molecule has 0 heterocycles. The van der Waals surface area contributed by atoms with Crippen LogP contribution >= 0.6 is 12.6 Å². The summed E-state index contributed by atoms with van der Waals surface area (Å²) in [6.07, 6.45) is 0. The monoisotopic (exact) mass is 284 g/mol. The van der Waals surface area contributed by atoms with Gasteiger partial charge in [-0.15, -0.1) is 12.6 Å². The Bertz CT molecular complexity index is 480. The summed E-state index contributed by atoms with van der Waals surface area (Å²) in [6.45, 7) is 4.49. The van der Waals surface area contributed by atoms with E-state index in [2.05, 4.69) is 17.9 Å². The number of amides is 2. The summed E-state index contributed by atoms with van der Waals surface area (Å²) in [5, 5.41) is 2.63. The van der Waals surface area contributed by atoms with Crippen molar-refractivity contribution in [3.8, 4) is 0 Å². The third-order valence-corrected chi connectivity index (χ3v) is 2.91. The number of benzene rings is 1. The maximum absolute atomic E-state index is 13.1. The Morgan fingerprint density at radius 2 is 2.05 bits per heavy atom. The van der Waals surface area contributed by atoms with Crippen molar-refractivity contribution in [2.24, 2.45) is 0 Å². The minimum Gasteiger partial charge on any atom is -0.355 e. The molecule has 0 aromatic heterocycles. The van der Waals surface area contributed by atoms with E-state index in [0.717, 1.165) is 0 Å². The van der Waals surface area contributed by atoms with Crippen LogP contribution in [0.25, 0.3) is 0 Å². The standard InChI is InChI=1S/C13H17FN2O2S/c1-3-15-12(17)8-16(4-2)13(18)9-5-6-10(14)11(19)7-9/h5-7,19H,3-4,8H2,1-2H3,(H,15,17). The zero-order valence-electron chi connectivity index (χ0n) is 10.9. The minimum atomic E-state index is -0.480. The third kappa shape index (κ3) is 4.24. The SMILES string of the molecule is CCNC(=O)CN(CC)C(=O)c1ccc(F)c(S)c1. The molecule has 0 aliphatic carbocycles. The molecule has 0 aliphatic rings. The van der Waals surface area contributed by atoms with Crippen LogP contribution < -0.4 is 5.32 Å². The Morgan fingerprint density at radius 3 is 2.58 bits per heavy atom. The number of hydrogen-bond acceptors (Lipinski definition) is 3.